The van der Waals surface area contributed by atoms with Crippen LogP contribution in [0.5, 0.6) is 0 Å². The summed E-state index contributed by atoms with van der Waals surface area (Å²) < 4.78 is 0. The Hall–Kier alpha value is -0.600. The van der Waals surface area contributed by atoms with Crippen LogP contribution in [0.4, 0.5) is 0 Å². The third-order valence-electron chi connectivity index (χ3n) is 9.44. The molecule has 0 aliphatic carbocycles. The number of hydrogen-bond donors (Lipinski definition) is 2. The topological polar surface area (TPSA) is 52.0 Å². The highest BCUT2D eigenvalue weighted by molar-refractivity contribution is 4.85. The van der Waals surface area contributed by atoms with E-state index in [1.54, 1.807) is 0 Å². The van der Waals surface area contributed by atoms with Gasteiger partial charge in [-0.2, -0.15) is 0 Å². The minimum absolute atomic E-state index is 0.470. The Morgan fingerprint density at radius 2 is 0.714 bits per heavy atom. The molecule has 0 heterocycles. The minimum atomic E-state index is -0.475. The maximum absolute atomic E-state index is 6.66. The van der Waals surface area contributed by atoms with Gasteiger partial charge in [0.15, 0.2) is 0 Å². The van der Waals surface area contributed by atoms with Gasteiger partial charge in [0.05, 0.1) is 5.66 Å². The van der Waals surface area contributed by atoms with Gasteiger partial charge in [-0.3, -0.25) is 0 Å². The highest BCUT2D eigenvalue weighted by Crippen LogP contribution is 2.26. The first-order valence-electron chi connectivity index (χ1n) is 19.5. The fourth-order valence-corrected chi connectivity index (χ4v) is 6.37. The van der Waals surface area contributed by atoms with Crippen molar-refractivity contribution in [3.8, 4) is 0 Å². The number of allylic oxidation sites excluding steroid dienone is 4. The summed E-state index contributed by atoms with van der Waals surface area (Å²) in [5.74, 6) is 0.470. The van der Waals surface area contributed by atoms with Gasteiger partial charge < -0.3 is 11.5 Å². The molecule has 1 unspecified atom stereocenters. The zero-order valence-electron chi connectivity index (χ0n) is 29.5. The number of unbranched alkanes of at least 4 members (excludes halogenated alkanes) is 24. The van der Waals surface area contributed by atoms with Crippen molar-refractivity contribution in [1.29, 1.82) is 0 Å². The van der Waals surface area contributed by atoms with Gasteiger partial charge in [-0.15, -0.1) is 0 Å². The monoisotopic (exact) mass is 589 g/mol. The molecule has 0 radical (unpaired) electrons. The van der Waals surface area contributed by atoms with E-state index in [0.29, 0.717) is 5.92 Å². The Labute approximate surface area is 266 Å². The lowest BCUT2D eigenvalue weighted by atomic mass is 9.83. The molecule has 1 atom stereocenters. The molecule has 0 aromatic rings. The van der Waals surface area contributed by atoms with Crippen LogP contribution in [0.3, 0.4) is 0 Å². The van der Waals surface area contributed by atoms with E-state index >= 15 is 0 Å². The summed E-state index contributed by atoms with van der Waals surface area (Å²) in [6.07, 6.45) is 50.9. The average molecular weight is 589 g/mol. The second-order valence-corrected chi connectivity index (χ2v) is 13.6. The molecule has 4 N–H and O–H groups in total. The summed E-state index contributed by atoms with van der Waals surface area (Å²) in [6.45, 7) is 6.86. The fraction of sp³-hybridized carbons (Fsp3) is 0.900. The summed E-state index contributed by atoms with van der Waals surface area (Å²) in [4.78, 5) is 0. The molecule has 0 aliphatic rings. The lowest BCUT2D eigenvalue weighted by Gasteiger charge is -2.34. The molecule has 0 saturated carbocycles. The Morgan fingerprint density at radius 1 is 0.405 bits per heavy atom. The van der Waals surface area contributed by atoms with Crippen molar-refractivity contribution in [2.45, 2.75) is 225 Å². The van der Waals surface area contributed by atoms with Crippen molar-refractivity contribution < 1.29 is 0 Å². The molecule has 250 valence electrons. The van der Waals surface area contributed by atoms with Crippen molar-refractivity contribution >= 4 is 0 Å². The molecule has 2 nitrogen and oxygen atoms in total. The van der Waals surface area contributed by atoms with E-state index in [0.717, 1.165) is 12.8 Å². The van der Waals surface area contributed by atoms with Gasteiger partial charge in [0, 0.05) is 0 Å². The van der Waals surface area contributed by atoms with E-state index in [1.807, 2.05) is 0 Å². The number of rotatable bonds is 34. The molecular weight excluding hydrogens is 508 g/mol. The van der Waals surface area contributed by atoms with Crippen LogP contribution in [0.1, 0.15) is 220 Å². The summed E-state index contributed by atoms with van der Waals surface area (Å²) in [5.41, 5.74) is 12.8. The Balaban J connectivity index is 3.60. The average Bonchev–Trinajstić information content (AvgIpc) is 2.98. The molecule has 0 amide bonds. The first kappa shape index (κ1) is 41.4. The highest BCUT2D eigenvalue weighted by atomic mass is 15.0. The van der Waals surface area contributed by atoms with Crippen LogP contribution in [-0.2, 0) is 0 Å². The van der Waals surface area contributed by atoms with Crippen LogP contribution in [0.15, 0.2) is 24.3 Å². The second-order valence-electron chi connectivity index (χ2n) is 13.6. The van der Waals surface area contributed by atoms with Gasteiger partial charge in [0.25, 0.3) is 0 Å². The van der Waals surface area contributed by atoms with Gasteiger partial charge in [0.2, 0.25) is 0 Å². The van der Waals surface area contributed by atoms with Crippen LogP contribution in [0.2, 0.25) is 0 Å². The molecule has 0 aromatic heterocycles. The van der Waals surface area contributed by atoms with Crippen LogP contribution < -0.4 is 11.5 Å². The number of hydrogen-bond acceptors (Lipinski definition) is 2. The summed E-state index contributed by atoms with van der Waals surface area (Å²) in [5, 5.41) is 0. The molecule has 0 saturated heterocycles. The Morgan fingerprint density at radius 3 is 1.07 bits per heavy atom. The molecule has 0 fully saturated rings. The highest BCUT2D eigenvalue weighted by Gasteiger charge is 2.28. The van der Waals surface area contributed by atoms with Crippen LogP contribution in [0, 0.1) is 5.92 Å². The Bertz CT molecular complexity index is 564. The van der Waals surface area contributed by atoms with Crippen molar-refractivity contribution in [3.05, 3.63) is 24.3 Å². The molecular formula is C40H80N2. The van der Waals surface area contributed by atoms with E-state index in [-0.39, 0.29) is 0 Å². The molecule has 0 bridgehead atoms. The third-order valence-corrected chi connectivity index (χ3v) is 9.44. The van der Waals surface area contributed by atoms with Gasteiger partial charge in [-0.25, -0.2) is 0 Å². The molecule has 0 aromatic carbocycles. The first-order chi connectivity index (χ1) is 20.6. The van der Waals surface area contributed by atoms with Gasteiger partial charge in [0.1, 0.15) is 0 Å². The van der Waals surface area contributed by atoms with E-state index in [2.05, 4.69) is 45.1 Å². The Kier molecular flexibility index (Phi) is 32.8. The second kappa shape index (κ2) is 33.3. The zero-order chi connectivity index (χ0) is 30.8. The lowest BCUT2D eigenvalue weighted by molar-refractivity contribution is 0.225. The largest absolute Gasteiger partial charge is 0.313 e. The van der Waals surface area contributed by atoms with Crippen molar-refractivity contribution in [1.82, 2.24) is 0 Å². The van der Waals surface area contributed by atoms with Crippen LogP contribution in [-0.4, -0.2) is 5.66 Å². The van der Waals surface area contributed by atoms with Gasteiger partial charge in [-0.1, -0.05) is 180 Å². The normalized spacial score (nSPS) is 13.2. The molecule has 42 heavy (non-hydrogen) atoms. The van der Waals surface area contributed by atoms with E-state index in [9.17, 15) is 0 Å². The van der Waals surface area contributed by atoms with E-state index in [4.69, 9.17) is 11.5 Å². The summed E-state index contributed by atoms with van der Waals surface area (Å²) in [7, 11) is 0. The number of nitrogens with two attached hydrogens (primary N) is 2. The third kappa shape index (κ3) is 29.5. The van der Waals surface area contributed by atoms with Gasteiger partial charge in [-0.05, 0) is 70.1 Å². The first-order valence-corrected chi connectivity index (χ1v) is 19.5. The van der Waals surface area contributed by atoms with Crippen LogP contribution in [0.25, 0.3) is 0 Å². The van der Waals surface area contributed by atoms with Gasteiger partial charge >= 0.3 is 0 Å². The van der Waals surface area contributed by atoms with E-state index < -0.39 is 5.66 Å². The predicted molar refractivity (Wildman–Crippen MR) is 193 cm³/mol. The maximum atomic E-state index is 6.66. The molecule has 0 rings (SSSR count). The van der Waals surface area contributed by atoms with Crippen molar-refractivity contribution in [3.63, 3.8) is 0 Å². The summed E-state index contributed by atoms with van der Waals surface area (Å²) in [6, 6.07) is 0. The van der Waals surface area contributed by atoms with Crippen molar-refractivity contribution in [2.75, 3.05) is 0 Å². The zero-order valence-corrected chi connectivity index (χ0v) is 29.5. The lowest BCUT2D eigenvalue weighted by Crippen LogP contribution is -2.55. The van der Waals surface area contributed by atoms with E-state index in [1.165, 1.54) is 186 Å². The minimum Gasteiger partial charge on any atom is -0.313 e. The smallest absolute Gasteiger partial charge is 0.0665 e. The quantitative estimate of drug-likeness (QED) is 0.0446. The maximum Gasteiger partial charge on any atom is 0.0665 e. The molecule has 0 aliphatic heterocycles. The predicted octanol–water partition coefficient (Wildman–Crippen LogP) is 13.5. The van der Waals surface area contributed by atoms with Crippen LogP contribution >= 0.6 is 0 Å². The standard InChI is InChI=1S/C40H80N2/c1-4-7-9-11-13-15-17-19-21-23-25-27-29-31-33-35-37-39(6-3)40(41,42)38-36-34-32-30-28-26-24-22-20-18-16-14-12-10-8-5-2/h19-22,39H,4-18,23-38,41-42H2,1-3H3/b21-19-,22-20-. The summed E-state index contributed by atoms with van der Waals surface area (Å²) >= 11 is 0. The SMILES string of the molecule is CCCCCCCC/C=C\CCCCCCCCC(CC)C(N)(N)CCCCCCCC/C=C\CCCCCCCC. The molecule has 0 spiro atoms. The van der Waals surface area contributed by atoms with Crippen molar-refractivity contribution in [2.24, 2.45) is 17.4 Å². The fourth-order valence-electron chi connectivity index (χ4n) is 6.37. The molecule has 2 heteroatoms.